The molecular weight excluding hydrogens is 405 g/mol. The molecule has 0 radical (unpaired) electrons. The van der Waals surface area contributed by atoms with Crippen LogP contribution in [0.4, 0.5) is 13.2 Å². The SMILES string of the molecule is CCn1c(C)c(C)c2cc(C(=O)NS(=O)(=O)c3ccccc3C(F)(F)F)ccc21. The number of alkyl halides is 3. The maximum absolute atomic E-state index is 13.2. The lowest BCUT2D eigenvalue weighted by Gasteiger charge is -2.13. The van der Waals surface area contributed by atoms with Crippen LogP contribution in [0.25, 0.3) is 10.9 Å². The number of amides is 1. The summed E-state index contributed by atoms with van der Waals surface area (Å²) >= 11 is 0. The summed E-state index contributed by atoms with van der Waals surface area (Å²) in [7, 11) is -4.72. The highest BCUT2D eigenvalue weighted by Gasteiger charge is 2.37. The molecule has 0 aliphatic heterocycles. The van der Waals surface area contributed by atoms with Gasteiger partial charge in [-0.2, -0.15) is 13.2 Å². The Kier molecular flexibility index (Phi) is 5.20. The number of sulfonamides is 1. The van der Waals surface area contributed by atoms with Gasteiger partial charge in [0.1, 0.15) is 0 Å². The van der Waals surface area contributed by atoms with E-state index in [1.54, 1.807) is 16.9 Å². The summed E-state index contributed by atoms with van der Waals surface area (Å²) in [5.41, 5.74) is 1.57. The van der Waals surface area contributed by atoms with Crippen LogP contribution >= 0.6 is 0 Å². The van der Waals surface area contributed by atoms with Crippen LogP contribution in [0.2, 0.25) is 0 Å². The Balaban J connectivity index is 2.00. The minimum Gasteiger partial charge on any atom is -0.345 e. The second-order valence-corrected chi connectivity index (χ2v) is 8.27. The van der Waals surface area contributed by atoms with Gasteiger partial charge in [-0.3, -0.25) is 4.79 Å². The van der Waals surface area contributed by atoms with Gasteiger partial charge in [0.15, 0.2) is 0 Å². The summed E-state index contributed by atoms with van der Waals surface area (Å²) in [4.78, 5) is 11.5. The van der Waals surface area contributed by atoms with Crippen molar-refractivity contribution >= 4 is 26.8 Å². The van der Waals surface area contributed by atoms with Crippen molar-refractivity contribution in [3.63, 3.8) is 0 Å². The predicted molar refractivity (Wildman–Crippen MR) is 103 cm³/mol. The summed E-state index contributed by atoms with van der Waals surface area (Å²) in [5, 5.41) is 0.782. The van der Waals surface area contributed by atoms with Crippen LogP contribution in [0, 0.1) is 13.8 Å². The second kappa shape index (κ2) is 7.22. The molecule has 0 saturated carbocycles. The van der Waals surface area contributed by atoms with Gasteiger partial charge in [0.2, 0.25) is 0 Å². The van der Waals surface area contributed by atoms with Crippen molar-refractivity contribution in [1.29, 1.82) is 0 Å². The Bertz CT molecular complexity index is 1210. The monoisotopic (exact) mass is 424 g/mol. The molecule has 2 aromatic carbocycles. The number of aryl methyl sites for hydroxylation is 2. The minimum atomic E-state index is -4.87. The van der Waals surface area contributed by atoms with E-state index in [1.165, 1.54) is 12.1 Å². The molecule has 1 aromatic heterocycles. The topological polar surface area (TPSA) is 68.2 Å². The number of aromatic nitrogens is 1. The van der Waals surface area contributed by atoms with Crippen LogP contribution in [-0.2, 0) is 22.7 Å². The van der Waals surface area contributed by atoms with E-state index >= 15 is 0 Å². The molecular formula is C20H19F3N2O3S. The largest absolute Gasteiger partial charge is 0.417 e. The smallest absolute Gasteiger partial charge is 0.345 e. The van der Waals surface area contributed by atoms with Crippen molar-refractivity contribution in [1.82, 2.24) is 9.29 Å². The van der Waals surface area contributed by atoms with E-state index in [2.05, 4.69) is 4.57 Å². The molecule has 0 spiro atoms. The fourth-order valence-electron chi connectivity index (χ4n) is 3.37. The van der Waals surface area contributed by atoms with Crippen LogP contribution in [0.3, 0.4) is 0 Å². The van der Waals surface area contributed by atoms with Crippen LogP contribution in [-0.4, -0.2) is 18.9 Å². The zero-order valence-corrected chi connectivity index (χ0v) is 16.8. The molecule has 0 saturated heterocycles. The van der Waals surface area contributed by atoms with Crippen LogP contribution in [0.1, 0.15) is 34.1 Å². The molecule has 3 rings (SSSR count). The quantitative estimate of drug-likeness (QED) is 0.674. The van der Waals surface area contributed by atoms with Crippen molar-refractivity contribution in [3.8, 4) is 0 Å². The molecule has 0 fully saturated rings. The first-order valence-corrected chi connectivity index (χ1v) is 10.3. The van der Waals surface area contributed by atoms with Gasteiger partial charge >= 0.3 is 6.18 Å². The third-order valence-corrected chi connectivity index (χ3v) is 6.32. The van der Waals surface area contributed by atoms with Gasteiger partial charge < -0.3 is 4.57 Å². The van der Waals surface area contributed by atoms with E-state index in [0.717, 1.165) is 40.8 Å². The first-order valence-electron chi connectivity index (χ1n) is 8.80. The Labute approximate surface area is 166 Å². The molecule has 0 bridgehead atoms. The number of rotatable bonds is 4. The summed E-state index contributed by atoms with van der Waals surface area (Å²) in [5.74, 6) is -0.995. The van der Waals surface area contributed by atoms with E-state index in [9.17, 15) is 26.4 Å². The molecule has 0 unspecified atom stereocenters. The molecule has 0 atom stereocenters. The molecule has 9 heteroatoms. The number of fused-ring (bicyclic) bond motifs is 1. The molecule has 154 valence electrons. The van der Waals surface area contributed by atoms with Crippen molar-refractivity contribution in [2.24, 2.45) is 0 Å². The first-order chi connectivity index (χ1) is 13.5. The highest BCUT2D eigenvalue weighted by molar-refractivity contribution is 7.90. The molecule has 1 heterocycles. The third kappa shape index (κ3) is 3.74. The van der Waals surface area contributed by atoms with Crippen LogP contribution in [0.15, 0.2) is 47.4 Å². The lowest BCUT2D eigenvalue weighted by molar-refractivity contribution is -0.139. The lowest BCUT2D eigenvalue weighted by atomic mass is 10.1. The van der Waals surface area contributed by atoms with Crippen molar-refractivity contribution in [3.05, 3.63) is 64.8 Å². The number of carbonyl (C=O) groups is 1. The Morgan fingerprint density at radius 3 is 2.38 bits per heavy atom. The normalized spacial score (nSPS) is 12.3. The summed E-state index contributed by atoms with van der Waals surface area (Å²) < 4.78 is 68.2. The third-order valence-electron chi connectivity index (χ3n) is 4.93. The first kappa shape index (κ1) is 20.9. The maximum Gasteiger partial charge on any atom is 0.417 e. The standard InChI is InChI=1S/C20H19F3N2O3S/c1-4-25-13(3)12(2)15-11-14(9-10-17(15)25)19(26)24-29(27,28)18-8-6-5-7-16(18)20(21,22)23/h5-11H,4H2,1-3H3,(H,24,26). The van der Waals surface area contributed by atoms with Gasteiger partial charge in [0.25, 0.3) is 15.9 Å². The highest BCUT2D eigenvalue weighted by Crippen LogP contribution is 2.34. The van der Waals surface area contributed by atoms with Crippen LogP contribution < -0.4 is 4.72 Å². The van der Waals surface area contributed by atoms with E-state index in [1.807, 2.05) is 20.8 Å². The van der Waals surface area contributed by atoms with Crippen molar-refractivity contribution in [2.45, 2.75) is 38.4 Å². The van der Waals surface area contributed by atoms with E-state index in [4.69, 9.17) is 0 Å². The Hall–Kier alpha value is -2.81. The number of hydrogen-bond acceptors (Lipinski definition) is 3. The fraction of sp³-hybridized carbons (Fsp3) is 0.250. The second-order valence-electron chi connectivity index (χ2n) is 6.62. The summed E-state index contributed by atoms with van der Waals surface area (Å²) in [6.07, 6.45) is -4.87. The summed E-state index contributed by atoms with van der Waals surface area (Å²) in [6.45, 7) is 6.54. The average molecular weight is 424 g/mol. The molecule has 0 aliphatic carbocycles. The number of benzene rings is 2. The van der Waals surface area contributed by atoms with Gasteiger partial charge in [-0.1, -0.05) is 12.1 Å². The minimum absolute atomic E-state index is 0.0434. The number of halogens is 3. The lowest BCUT2D eigenvalue weighted by Crippen LogP contribution is -2.32. The van der Waals surface area contributed by atoms with Gasteiger partial charge in [-0.15, -0.1) is 0 Å². The van der Waals surface area contributed by atoms with Gasteiger partial charge in [0, 0.05) is 28.7 Å². The number of nitrogens with zero attached hydrogens (tertiary/aromatic N) is 1. The van der Waals surface area contributed by atoms with E-state index in [-0.39, 0.29) is 5.56 Å². The zero-order chi connectivity index (χ0) is 21.6. The van der Waals surface area contributed by atoms with Crippen molar-refractivity contribution < 1.29 is 26.4 Å². The van der Waals surface area contributed by atoms with E-state index in [0.29, 0.717) is 6.07 Å². The van der Waals surface area contributed by atoms with Gasteiger partial charge in [-0.25, -0.2) is 13.1 Å². The predicted octanol–water partition coefficient (Wildman–Crippen LogP) is 4.42. The highest BCUT2D eigenvalue weighted by atomic mass is 32.2. The molecule has 5 nitrogen and oxygen atoms in total. The molecule has 3 aromatic rings. The Morgan fingerprint density at radius 2 is 1.76 bits per heavy atom. The summed E-state index contributed by atoms with van der Waals surface area (Å²) in [6, 6.07) is 8.42. The molecule has 1 N–H and O–H groups in total. The van der Waals surface area contributed by atoms with Gasteiger partial charge in [0.05, 0.1) is 10.5 Å². The number of hydrogen-bond donors (Lipinski definition) is 1. The molecule has 1 amide bonds. The average Bonchev–Trinajstić information content (AvgIpc) is 2.90. The maximum atomic E-state index is 13.2. The zero-order valence-electron chi connectivity index (χ0n) is 16.0. The van der Waals surface area contributed by atoms with Gasteiger partial charge in [-0.05, 0) is 56.7 Å². The Morgan fingerprint density at radius 1 is 1.10 bits per heavy atom. The fourth-order valence-corrected chi connectivity index (χ4v) is 4.57. The van der Waals surface area contributed by atoms with Crippen molar-refractivity contribution in [2.75, 3.05) is 0 Å². The molecule has 29 heavy (non-hydrogen) atoms. The number of nitrogens with one attached hydrogen (secondary N) is 1. The molecule has 0 aliphatic rings. The van der Waals surface area contributed by atoms with Crippen LogP contribution in [0.5, 0.6) is 0 Å². The van der Waals surface area contributed by atoms with E-state index < -0.39 is 32.6 Å². The number of carbonyl (C=O) groups excluding carboxylic acids is 1.